The molecule has 10 nitrogen and oxygen atoms in total. The van der Waals surface area contributed by atoms with Gasteiger partial charge in [0.05, 0.1) is 38.8 Å². The van der Waals surface area contributed by atoms with Gasteiger partial charge in [-0.15, -0.1) is 11.8 Å². The van der Waals surface area contributed by atoms with Crippen molar-refractivity contribution in [2.45, 2.75) is 24.4 Å². The molecule has 1 N–H and O–H groups in total. The molecule has 208 valence electrons. The number of pyridine rings is 1. The number of anilines is 2. The number of thiazole rings is 1. The zero-order chi connectivity index (χ0) is 28.4. The molecule has 1 unspecified atom stereocenters. The van der Waals surface area contributed by atoms with Crippen LogP contribution in [-0.2, 0) is 4.79 Å². The molecular formula is C28H23FN6O4S2. The first-order valence-electron chi connectivity index (χ1n) is 13.2. The van der Waals surface area contributed by atoms with Crippen LogP contribution in [0.15, 0.2) is 41.3 Å². The first-order chi connectivity index (χ1) is 19.8. The summed E-state index contributed by atoms with van der Waals surface area (Å²) in [6, 6.07) is 10.4. The summed E-state index contributed by atoms with van der Waals surface area (Å²) in [7, 11) is 0. The van der Waals surface area contributed by atoms with E-state index >= 15 is 4.39 Å². The number of carboxylic acids is 1. The Bertz CT molecular complexity index is 1850. The molecule has 2 aromatic carbocycles. The van der Waals surface area contributed by atoms with E-state index in [1.54, 1.807) is 33.7 Å². The molecule has 2 saturated heterocycles. The summed E-state index contributed by atoms with van der Waals surface area (Å²) >= 11 is 2.92. The third-order valence-electron chi connectivity index (χ3n) is 7.80. The molecule has 1 saturated carbocycles. The van der Waals surface area contributed by atoms with Crippen molar-refractivity contribution in [3.63, 3.8) is 0 Å². The number of piperazine rings is 1. The Morgan fingerprint density at radius 3 is 2.61 bits per heavy atom. The van der Waals surface area contributed by atoms with E-state index in [0.29, 0.717) is 53.8 Å². The second kappa shape index (κ2) is 9.83. The second-order valence-corrected chi connectivity index (χ2v) is 12.4. The van der Waals surface area contributed by atoms with Crippen LogP contribution in [0, 0.1) is 17.1 Å². The van der Waals surface area contributed by atoms with E-state index in [9.17, 15) is 24.8 Å². The fourth-order valence-corrected chi connectivity index (χ4v) is 7.89. The number of thioether (sulfide) groups is 1. The van der Waals surface area contributed by atoms with Crippen LogP contribution < -0.4 is 15.2 Å². The van der Waals surface area contributed by atoms with Gasteiger partial charge in [0.2, 0.25) is 11.3 Å². The van der Waals surface area contributed by atoms with Crippen LogP contribution in [0.25, 0.3) is 21.1 Å². The van der Waals surface area contributed by atoms with Crippen molar-refractivity contribution >= 4 is 66.9 Å². The number of carboxylic acid groups (broad SMARTS) is 1. The van der Waals surface area contributed by atoms with Gasteiger partial charge in [0.25, 0.3) is 0 Å². The average molecular weight is 591 g/mol. The highest BCUT2D eigenvalue weighted by molar-refractivity contribution is 8.01. The van der Waals surface area contributed by atoms with E-state index in [4.69, 9.17) is 0 Å². The van der Waals surface area contributed by atoms with Gasteiger partial charge < -0.3 is 14.6 Å². The van der Waals surface area contributed by atoms with E-state index in [1.165, 1.54) is 35.4 Å². The van der Waals surface area contributed by atoms with Crippen LogP contribution in [0.3, 0.4) is 0 Å². The Morgan fingerprint density at radius 2 is 1.90 bits per heavy atom. The highest BCUT2D eigenvalue weighted by Gasteiger charge is 2.40. The van der Waals surface area contributed by atoms with Crippen LogP contribution in [0.1, 0.15) is 34.8 Å². The molecule has 1 aliphatic carbocycles. The number of hydrogen-bond donors (Lipinski definition) is 1. The van der Waals surface area contributed by atoms with Gasteiger partial charge in [-0.05, 0) is 43.2 Å². The molecule has 2 aromatic heterocycles. The molecule has 3 fully saturated rings. The number of fused-ring (bicyclic) bond motifs is 2. The Kier molecular flexibility index (Phi) is 6.22. The highest BCUT2D eigenvalue weighted by Crippen LogP contribution is 2.40. The largest absolute Gasteiger partial charge is 0.477 e. The summed E-state index contributed by atoms with van der Waals surface area (Å²) < 4.78 is 18.1. The van der Waals surface area contributed by atoms with Crippen molar-refractivity contribution in [3.8, 4) is 6.07 Å². The molecule has 1 atom stereocenters. The Balaban J connectivity index is 1.14. The number of aromatic nitrogens is 2. The minimum absolute atomic E-state index is 0.0265. The molecule has 4 aromatic rings. The van der Waals surface area contributed by atoms with Gasteiger partial charge in [0.15, 0.2) is 5.13 Å². The Morgan fingerprint density at radius 1 is 1.12 bits per heavy atom. The van der Waals surface area contributed by atoms with Gasteiger partial charge in [-0.1, -0.05) is 11.3 Å². The molecule has 41 heavy (non-hydrogen) atoms. The van der Waals surface area contributed by atoms with Crippen LogP contribution in [0.5, 0.6) is 0 Å². The topological polar surface area (TPSA) is 123 Å². The fraction of sp³-hybridized carbons (Fsp3) is 0.321. The summed E-state index contributed by atoms with van der Waals surface area (Å²) in [5.74, 6) is -1.57. The van der Waals surface area contributed by atoms with Crippen LogP contribution >= 0.6 is 23.1 Å². The molecule has 0 spiro atoms. The number of carbonyl (C=O) groups is 2. The number of benzene rings is 2. The lowest BCUT2D eigenvalue weighted by Crippen LogP contribution is -2.54. The molecule has 3 aliphatic rings. The molecule has 7 rings (SSSR count). The predicted octanol–water partition coefficient (Wildman–Crippen LogP) is 3.84. The highest BCUT2D eigenvalue weighted by atomic mass is 32.2. The lowest BCUT2D eigenvalue weighted by atomic mass is 10.1. The SMILES string of the molecule is N#Cc1ccc2nc(N3C(=O)CSC3N3CCN(c4cc5c(cc4F)c(=O)c(C(=O)O)cn5C4CC4)CC3)sc2c1. The maximum absolute atomic E-state index is 15.4. The standard InChI is InChI=1S/C28H23FN6O4S2/c29-19-10-17-21(34(16-2-3-16)13-18(25(17)37)26(38)39)11-22(19)32-5-7-33(8-6-32)28-35(24(36)14-40-28)27-31-20-4-1-15(12-30)9-23(20)41-27/h1,4,9-11,13,16,28H,2-3,5-8,14H2,(H,38,39). The number of amides is 1. The second-order valence-electron chi connectivity index (χ2n) is 10.4. The summed E-state index contributed by atoms with van der Waals surface area (Å²) in [6.07, 6.45) is 3.14. The van der Waals surface area contributed by atoms with Gasteiger partial charge in [0.1, 0.15) is 16.9 Å². The lowest BCUT2D eigenvalue weighted by molar-refractivity contribution is -0.116. The molecular weight excluding hydrogens is 567 g/mol. The van der Waals surface area contributed by atoms with Crippen LogP contribution in [0.2, 0.25) is 0 Å². The number of carbonyl (C=O) groups excluding carboxylic acids is 1. The van der Waals surface area contributed by atoms with Crippen molar-refractivity contribution < 1.29 is 19.1 Å². The summed E-state index contributed by atoms with van der Waals surface area (Å²) in [6.45, 7) is 2.17. The first-order valence-corrected chi connectivity index (χ1v) is 15.0. The van der Waals surface area contributed by atoms with Crippen molar-refractivity contribution in [3.05, 3.63) is 63.7 Å². The van der Waals surface area contributed by atoms with Gasteiger partial charge in [-0.2, -0.15) is 5.26 Å². The molecule has 1 amide bonds. The predicted molar refractivity (Wildman–Crippen MR) is 155 cm³/mol. The Labute approximate surface area is 241 Å². The smallest absolute Gasteiger partial charge is 0.341 e. The number of nitrogens with zero attached hydrogens (tertiary/aromatic N) is 6. The minimum atomic E-state index is -1.32. The lowest BCUT2D eigenvalue weighted by Gasteiger charge is -2.40. The monoisotopic (exact) mass is 590 g/mol. The van der Waals surface area contributed by atoms with Crippen LogP contribution in [-0.4, -0.2) is 68.9 Å². The third kappa shape index (κ3) is 4.43. The van der Waals surface area contributed by atoms with Gasteiger partial charge in [-0.3, -0.25) is 19.4 Å². The molecule has 0 radical (unpaired) electrons. The molecule has 2 aliphatic heterocycles. The number of aromatic carboxylic acids is 1. The van der Waals surface area contributed by atoms with E-state index in [1.807, 2.05) is 4.90 Å². The fourth-order valence-electron chi connectivity index (χ4n) is 5.56. The molecule has 0 bridgehead atoms. The van der Waals surface area contributed by atoms with Gasteiger partial charge in [-0.25, -0.2) is 14.2 Å². The number of nitriles is 1. The van der Waals surface area contributed by atoms with Gasteiger partial charge >= 0.3 is 5.97 Å². The molecule has 4 heterocycles. The van der Waals surface area contributed by atoms with E-state index in [2.05, 4.69) is 16.0 Å². The maximum atomic E-state index is 15.4. The number of hydrogen-bond acceptors (Lipinski definition) is 9. The first kappa shape index (κ1) is 25.9. The van der Waals surface area contributed by atoms with Crippen molar-refractivity contribution in [2.75, 3.05) is 41.7 Å². The van der Waals surface area contributed by atoms with E-state index < -0.39 is 17.2 Å². The normalized spacial score (nSPS) is 19.8. The maximum Gasteiger partial charge on any atom is 0.341 e. The van der Waals surface area contributed by atoms with E-state index in [0.717, 1.165) is 23.1 Å². The third-order valence-corrected chi connectivity index (χ3v) is 10.0. The quantitative estimate of drug-likeness (QED) is 0.369. The van der Waals surface area contributed by atoms with Crippen molar-refractivity contribution in [1.29, 1.82) is 5.26 Å². The summed E-state index contributed by atoms with van der Waals surface area (Å²) in [5, 5.41) is 19.4. The van der Waals surface area contributed by atoms with Gasteiger partial charge in [0, 0.05) is 43.8 Å². The summed E-state index contributed by atoms with van der Waals surface area (Å²) in [4.78, 5) is 47.9. The zero-order valence-corrected chi connectivity index (χ0v) is 23.3. The summed E-state index contributed by atoms with van der Waals surface area (Å²) in [5.41, 5.74) is 0.930. The Hall–Kier alpha value is -3.99. The molecule has 13 heteroatoms. The minimum Gasteiger partial charge on any atom is -0.477 e. The average Bonchev–Trinajstić information content (AvgIpc) is 3.61. The van der Waals surface area contributed by atoms with Crippen LogP contribution in [0.4, 0.5) is 15.2 Å². The number of halogens is 1. The number of rotatable bonds is 5. The van der Waals surface area contributed by atoms with E-state index in [-0.39, 0.29) is 28.4 Å². The zero-order valence-electron chi connectivity index (χ0n) is 21.6. The van der Waals surface area contributed by atoms with Crippen molar-refractivity contribution in [1.82, 2.24) is 14.5 Å². The van der Waals surface area contributed by atoms with Crippen molar-refractivity contribution in [2.24, 2.45) is 0 Å².